The fourth-order valence-electron chi connectivity index (χ4n) is 5.92. The molecule has 2 saturated heterocycles. The van der Waals surface area contributed by atoms with Crippen molar-refractivity contribution in [2.45, 2.75) is 55.7 Å². The number of aliphatic hydroxyl groups is 1. The molecule has 30 heavy (non-hydrogen) atoms. The summed E-state index contributed by atoms with van der Waals surface area (Å²) >= 11 is 0. The van der Waals surface area contributed by atoms with Crippen molar-refractivity contribution in [1.29, 1.82) is 0 Å². The number of hydrogen-bond donors (Lipinski definition) is 2. The molecule has 158 valence electrons. The largest absolute Gasteiger partial charge is 0.384 e. The number of hydrogen-bond acceptors (Lipinski definition) is 4. The molecule has 1 aliphatic carbocycles. The lowest BCUT2D eigenvalue weighted by molar-refractivity contribution is -0.127. The predicted molar refractivity (Wildman–Crippen MR) is 118 cm³/mol. The fraction of sp³-hybridized carbons (Fsp3) is 0.480. The Balaban J connectivity index is 1.38. The lowest BCUT2D eigenvalue weighted by Gasteiger charge is -2.51. The van der Waals surface area contributed by atoms with Crippen LogP contribution in [0.2, 0.25) is 0 Å². The maximum atomic E-state index is 12.9. The van der Waals surface area contributed by atoms with E-state index in [0.717, 1.165) is 62.9 Å². The van der Waals surface area contributed by atoms with Crippen molar-refractivity contribution < 1.29 is 9.90 Å². The van der Waals surface area contributed by atoms with Gasteiger partial charge in [0.15, 0.2) is 0 Å². The van der Waals surface area contributed by atoms with Crippen molar-refractivity contribution >= 4 is 11.6 Å². The van der Waals surface area contributed by atoms with Gasteiger partial charge in [0.25, 0.3) is 0 Å². The van der Waals surface area contributed by atoms with Crippen molar-refractivity contribution in [2.75, 3.05) is 24.7 Å². The third-order valence-electron chi connectivity index (χ3n) is 7.58. The highest BCUT2D eigenvalue weighted by Crippen LogP contribution is 2.43. The van der Waals surface area contributed by atoms with Gasteiger partial charge in [-0.2, -0.15) is 0 Å². The number of carbonyl (C=O) groups excluding carboxylic acids is 1. The Morgan fingerprint density at radius 3 is 2.27 bits per heavy atom. The third kappa shape index (κ3) is 3.12. The second kappa shape index (κ2) is 7.71. The minimum atomic E-state index is -0.804. The van der Waals surface area contributed by atoms with Crippen LogP contribution >= 0.6 is 0 Å². The zero-order valence-corrected chi connectivity index (χ0v) is 17.5. The van der Waals surface area contributed by atoms with Crippen LogP contribution in [0.3, 0.4) is 0 Å². The van der Waals surface area contributed by atoms with Gasteiger partial charge < -0.3 is 15.3 Å². The Labute approximate surface area is 178 Å². The minimum Gasteiger partial charge on any atom is -0.384 e. The summed E-state index contributed by atoms with van der Waals surface area (Å²) in [6, 6.07) is 20.5. The lowest BCUT2D eigenvalue weighted by atomic mass is 9.73. The maximum Gasteiger partial charge on any atom is 0.247 e. The molecule has 1 amide bonds. The number of benzene rings is 2. The van der Waals surface area contributed by atoms with Crippen LogP contribution in [0.4, 0.5) is 5.69 Å². The van der Waals surface area contributed by atoms with Gasteiger partial charge in [0.05, 0.1) is 6.67 Å². The Hall–Kier alpha value is -2.37. The molecule has 1 spiro atoms. The number of anilines is 1. The molecule has 0 bridgehead atoms. The number of carbonyl (C=O) groups is 1. The molecule has 3 aliphatic rings. The fourth-order valence-corrected chi connectivity index (χ4v) is 5.92. The van der Waals surface area contributed by atoms with E-state index in [1.165, 1.54) is 0 Å². The van der Waals surface area contributed by atoms with Gasteiger partial charge >= 0.3 is 0 Å². The summed E-state index contributed by atoms with van der Waals surface area (Å²) in [5.41, 5.74) is 0.848. The van der Waals surface area contributed by atoms with Gasteiger partial charge in [0.1, 0.15) is 11.1 Å². The summed E-state index contributed by atoms with van der Waals surface area (Å²) in [5, 5.41) is 14.8. The van der Waals surface area contributed by atoms with E-state index in [4.69, 9.17) is 0 Å². The highest BCUT2D eigenvalue weighted by molar-refractivity contribution is 5.93. The quantitative estimate of drug-likeness (QED) is 0.823. The summed E-state index contributed by atoms with van der Waals surface area (Å²) in [7, 11) is 0. The predicted octanol–water partition coefficient (Wildman–Crippen LogP) is 3.25. The van der Waals surface area contributed by atoms with Gasteiger partial charge in [-0.3, -0.25) is 9.69 Å². The molecule has 2 aromatic carbocycles. The molecule has 1 saturated carbocycles. The van der Waals surface area contributed by atoms with Crippen LogP contribution in [-0.2, 0) is 10.4 Å². The first-order valence-corrected chi connectivity index (χ1v) is 11.3. The van der Waals surface area contributed by atoms with Gasteiger partial charge in [-0.15, -0.1) is 0 Å². The number of rotatable bonds is 3. The molecule has 0 radical (unpaired) electrons. The molecule has 3 fully saturated rings. The van der Waals surface area contributed by atoms with Crippen molar-refractivity contribution in [3.8, 4) is 0 Å². The van der Waals surface area contributed by atoms with Crippen LogP contribution in [0.1, 0.15) is 44.1 Å². The van der Waals surface area contributed by atoms with E-state index in [1.54, 1.807) is 0 Å². The van der Waals surface area contributed by atoms with Gasteiger partial charge in [-0.25, -0.2) is 0 Å². The molecule has 2 atom stereocenters. The molecule has 5 nitrogen and oxygen atoms in total. The highest BCUT2D eigenvalue weighted by atomic mass is 16.3. The second-order valence-electron chi connectivity index (χ2n) is 9.05. The monoisotopic (exact) mass is 405 g/mol. The maximum absolute atomic E-state index is 12.9. The molecule has 5 heteroatoms. The van der Waals surface area contributed by atoms with E-state index in [0.29, 0.717) is 6.67 Å². The van der Waals surface area contributed by atoms with Crippen molar-refractivity contribution in [1.82, 2.24) is 10.2 Å². The van der Waals surface area contributed by atoms with Crippen LogP contribution in [0.15, 0.2) is 60.7 Å². The molecule has 2 N–H and O–H groups in total. The number of nitrogens with zero attached hydrogens (tertiary/aromatic N) is 2. The Morgan fingerprint density at radius 2 is 1.57 bits per heavy atom. The number of para-hydroxylation sites is 1. The van der Waals surface area contributed by atoms with E-state index in [1.807, 2.05) is 36.4 Å². The molecule has 0 unspecified atom stereocenters. The first-order valence-electron chi connectivity index (χ1n) is 11.3. The Bertz CT molecular complexity index is 880. The van der Waals surface area contributed by atoms with Crippen LogP contribution in [0.5, 0.6) is 0 Å². The summed E-state index contributed by atoms with van der Waals surface area (Å²) < 4.78 is 0. The van der Waals surface area contributed by atoms with Gasteiger partial charge in [-0.05, 0) is 43.4 Å². The van der Waals surface area contributed by atoms with Gasteiger partial charge in [0.2, 0.25) is 5.91 Å². The number of piperidine rings is 1. The summed E-state index contributed by atoms with van der Waals surface area (Å²) in [6.07, 6.45) is 5.60. The summed E-state index contributed by atoms with van der Waals surface area (Å²) in [4.78, 5) is 17.6. The first kappa shape index (κ1) is 19.6. The van der Waals surface area contributed by atoms with Gasteiger partial charge in [-0.1, -0.05) is 61.4 Å². The van der Waals surface area contributed by atoms with Crippen molar-refractivity contribution in [3.63, 3.8) is 0 Å². The van der Waals surface area contributed by atoms with Crippen LogP contribution in [-0.4, -0.2) is 47.3 Å². The first-order chi connectivity index (χ1) is 14.6. The summed E-state index contributed by atoms with van der Waals surface area (Å²) in [6.45, 7) is 2.23. The minimum absolute atomic E-state index is 0.112. The van der Waals surface area contributed by atoms with E-state index >= 15 is 0 Å². The smallest absolute Gasteiger partial charge is 0.247 e. The van der Waals surface area contributed by atoms with E-state index in [-0.39, 0.29) is 11.9 Å². The van der Waals surface area contributed by atoms with Crippen molar-refractivity contribution in [3.05, 3.63) is 66.2 Å². The van der Waals surface area contributed by atoms with E-state index < -0.39 is 11.1 Å². The Morgan fingerprint density at radius 1 is 0.900 bits per heavy atom. The van der Waals surface area contributed by atoms with Gasteiger partial charge in [0, 0.05) is 24.8 Å². The third-order valence-corrected chi connectivity index (χ3v) is 7.58. The standard InChI is InChI=1S/C25H31N3O2/c29-23-24(28(19-26-23)21-11-5-2-6-12-21)15-17-27(18-16-24)22-13-7-8-14-25(22,30)20-9-3-1-4-10-20/h1-6,9-12,22,30H,7-8,13-19H2,(H,26,29)/t22-,25-/m1/s1. The molecule has 2 heterocycles. The second-order valence-corrected chi connectivity index (χ2v) is 9.05. The average molecular weight is 406 g/mol. The molecular formula is C25H31N3O2. The Kier molecular flexibility index (Phi) is 5.03. The average Bonchev–Trinajstić information content (AvgIpc) is 3.11. The molecule has 5 rings (SSSR count). The van der Waals surface area contributed by atoms with Crippen LogP contribution in [0, 0.1) is 0 Å². The SMILES string of the molecule is O=C1NCN(c2ccccc2)C12CCN([C@@H]1CCCC[C@@]1(O)c1ccccc1)CC2. The number of likely N-dealkylation sites (tertiary alicyclic amines) is 1. The number of amides is 1. The molecule has 2 aliphatic heterocycles. The zero-order chi connectivity index (χ0) is 20.6. The zero-order valence-electron chi connectivity index (χ0n) is 17.5. The normalized spacial score (nSPS) is 29.2. The lowest BCUT2D eigenvalue weighted by Crippen LogP contribution is -2.61. The number of nitrogens with one attached hydrogen (secondary N) is 1. The van der Waals surface area contributed by atoms with Crippen LogP contribution in [0.25, 0.3) is 0 Å². The van der Waals surface area contributed by atoms with Crippen LogP contribution < -0.4 is 10.2 Å². The molecular weight excluding hydrogens is 374 g/mol. The van der Waals surface area contributed by atoms with Crippen molar-refractivity contribution in [2.24, 2.45) is 0 Å². The van der Waals surface area contributed by atoms with E-state index in [2.05, 4.69) is 39.4 Å². The topological polar surface area (TPSA) is 55.8 Å². The van der Waals surface area contributed by atoms with E-state index in [9.17, 15) is 9.90 Å². The molecule has 0 aromatic heterocycles. The highest BCUT2D eigenvalue weighted by Gasteiger charge is 2.52. The molecule has 2 aromatic rings. The summed E-state index contributed by atoms with van der Waals surface area (Å²) in [5.74, 6) is 0.146.